The van der Waals surface area contributed by atoms with Crippen LogP contribution in [0.4, 0.5) is 4.79 Å². The zero-order chi connectivity index (χ0) is 9.78. The maximum absolute atomic E-state index is 11.0. The van der Waals surface area contributed by atoms with Gasteiger partial charge in [0.05, 0.1) is 0 Å². The van der Waals surface area contributed by atoms with Gasteiger partial charge in [-0.1, -0.05) is 0 Å². The molecule has 0 aromatic carbocycles. The third-order valence-electron chi connectivity index (χ3n) is 0.971. The van der Waals surface area contributed by atoms with Gasteiger partial charge in [-0.25, -0.2) is 4.79 Å². The second-order valence-corrected chi connectivity index (χ2v) is 3.44. The summed E-state index contributed by atoms with van der Waals surface area (Å²) in [6.07, 6.45) is 0. The van der Waals surface area contributed by atoms with Crippen molar-refractivity contribution in [1.29, 1.82) is 0 Å². The van der Waals surface area contributed by atoms with E-state index in [1.165, 1.54) is 7.05 Å². The van der Waals surface area contributed by atoms with Gasteiger partial charge in [-0.2, -0.15) is 0 Å². The van der Waals surface area contributed by atoms with E-state index in [0.29, 0.717) is 0 Å². The molecule has 2 amide bonds. The first-order valence-corrected chi connectivity index (χ1v) is 3.66. The molecule has 0 aromatic rings. The topological polar surface area (TPSA) is 79.5 Å². The van der Waals surface area contributed by atoms with E-state index in [2.05, 4.69) is 15.6 Å². The first-order chi connectivity index (χ1) is 5.35. The minimum absolute atomic E-state index is 0.108. The lowest BCUT2D eigenvalue weighted by molar-refractivity contribution is 0.236. The fourth-order valence-corrected chi connectivity index (χ4v) is 0.544. The largest absolute Gasteiger partial charge is 0.370 e. The number of amides is 2. The summed E-state index contributed by atoms with van der Waals surface area (Å²) in [4.78, 5) is 14.6. The van der Waals surface area contributed by atoms with Crippen LogP contribution in [0, 0.1) is 0 Å². The van der Waals surface area contributed by atoms with Crippen molar-refractivity contribution in [2.24, 2.45) is 10.7 Å². The van der Waals surface area contributed by atoms with Crippen LogP contribution in [0.1, 0.15) is 20.8 Å². The Bertz CT molecular complexity index is 192. The summed E-state index contributed by atoms with van der Waals surface area (Å²) in [7, 11) is 1.51. The molecule has 0 saturated heterocycles. The van der Waals surface area contributed by atoms with Crippen molar-refractivity contribution in [2.45, 2.75) is 26.3 Å². The molecule has 70 valence electrons. The number of guanidine groups is 1. The maximum atomic E-state index is 11.0. The molecule has 0 aromatic heterocycles. The summed E-state index contributed by atoms with van der Waals surface area (Å²) in [5.74, 6) is 0.108. The molecule has 0 saturated carbocycles. The molecule has 4 N–H and O–H groups in total. The quantitative estimate of drug-likeness (QED) is 0.356. The van der Waals surface area contributed by atoms with Gasteiger partial charge in [0.2, 0.25) is 0 Å². The Morgan fingerprint density at radius 3 is 2.25 bits per heavy atom. The molecule has 0 rings (SSSR count). The number of rotatable bonds is 0. The molecular weight excluding hydrogens is 156 g/mol. The van der Waals surface area contributed by atoms with Gasteiger partial charge in [0.25, 0.3) is 0 Å². The molecule has 0 spiro atoms. The van der Waals surface area contributed by atoms with Crippen molar-refractivity contribution in [3.63, 3.8) is 0 Å². The predicted molar refractivity (Wildman–Crippen MR) is 49.0 cm³/mol. The minimum atomic E-state index is -0.342. The average molecular weight is 172 g/mol. The third kappa shape index (κ3) is 5.52. The van der Waals surface area contributed by atoms with Crippen LogP contribution < -0.4 is 16.4 Å². The van der Waals surface area contributed by atoms with Crippen LogP contribution in [0.5, 0.6) is 0 Å². The van der Waals surface area contributed by atoms with E-state index in [1.807, 2.05) is 20.8 Å². The lowest BCUT2D eigenvalue weighted by Gasteiger charge is -2.20. The molecule has 0 aliphatic rings. The van der Waals surface area contributed by atoms with Gasteiger partial charge in [0.1, 0.15) is 0 Å². The van der Waals surface area contributed by atoms with E-state index in [0.717, 1.165) is 0 Å². The zero-order valence-corrected chi connectivity index (χ0v) is 7.93. The molecule has 5 heteroatoms. The van der Waals surface area contributed by atoms with Crippen LogP contribution in [0.2, 0.25) is 0 Å². The fraction of sp³-hybridized carbons (Fsp3) is 0.714. The fourth-order valence-electron chi connectivity index (χ4n) is 0.544. The van der Waals surface area contributed by atoms with Crippen LogP contribution in [0.25, 0.3) is 0 Å². The average Bonchev–Trinajstić information content (AvgIpc) is 1.82. The van der Waals surface area contributed by atoms with Gasteiger partial charge in [-0.3, -0.25) is 10.3 Å². The molecule has 0 radical (unpaired) electrons. The van der Waals surface area contributed by atoms with Gasteiger partial charge in [-0.15, -0.1) is 0 Å². The van der Waals surface area contributed by atoms with E-state index in [-0.39, 0.29) is 17.5 Å². The van der Waals surface area contributed by atoms with Crippen molar-refractivity contribution >= 4 is 12.0 Å². The van der Waals surface area contributed by atoms with Gasteiger partial charge in [-0.05, 0) is 20.8 Å². The molecule has 0 bridgehead atoms. The lowest BCUT2D eigenvalue weighted by Crippen LogP contribution is -2.50. The Hall–Kier alpha value is -1.26. The number of carbonyl (C=O) groups excluding carboxylic acids is 1. The van der Waals surface area contributed by atoms with Crippen LogP contribution in [-0.4, -0.2) is 24.6 Å². The standard InChI is InChI=1S/C7H16N4O/c1-7(2,3)11-6(12)10-5(8)9-4/h1-4H3,(H4,8,9,10,11,12). The minimum Gasteiger partial charge on any atom is -0.370 e. The summed E-state index contributed by atoms with van der Waals surface area (Å²) in [5.41, 5.74) is 5.01. The van der Waals surface area contributed by atoms with Crippen LogP contribution in [0.15, 0.2) is 4.99 Å². The highest BCUT2D eigenvalue weighted by Crippen LogP contribution is 1.96. The molecule has 0 aliphatic heterocycles. The summed E-state index contributed by atoms with van der Waals surface area (Å²) in [6, 6.07) is -0.342. The number of nitrogens with one attached hydrogen (secondary N) is 2. The van der Waals surface area contributed by atoms with Gasteiger partial charge >= 0.3 is 6.03 Å². The lowest BCUT2D eigenvalue weighted by atomic mass is 10.1. The molecule has 0 heterocycles. The van der Waals surface area contributed by atoms with E-state index < -0.39 is 0 Å². The highest BCUT2D eigenvalue weighted by molar-refractivity contribution is 5.95. The highest BCUT2D eigenvalue weighted by Gasteiger charge is 2.13. The van der Waals surface area contributed by atoms with E-state index in [9.17, 15) is 4.79 Å². The SMILES string of the molecule is CN=C(N)NC(=O)NC(C)(C)C. The normalized spacial score (nSPS) is 12.5. The molecular formula is C7H16N4O. The Balaban J connectivity index is 3.92. The Morgan fingerprint density at radius 2 is 1.92 bits per heavy atom. The van der Waals surface area contributed by atoms with Crippen molar-refractivity contribution in [3.8, 4) is 0 Å². The van der Waals surface area contributed by atoms with E-state index in [1.54, 1.807) is 0 Å². The van der Waals surface area contributed by atoms with Gasteiger partial charge < -0.3 is 11.1 Å². The van der Waals surface area contributed by atoms with Crippen molar-refractivity contribution in [1.82, 2.24) is 10.6 Å². The number of hydrogen-bond donors (Lipinski definition) is 3. The Kier molecular flexibility index (Phi) is 3.53. The molecule has 0 aliphatic carbocycles. The van der Waals surface area contributed by atoms with Gasteiger partial charge in [0.15, 0.2) is 5.96 Å². The Labute approximate surface area is 72.4 Å². The van der Waals surface area contributed by atoms with Crippen LogP contribution in [-0.2, 0) is 0 Å². The first kappa shape index (κ1) is 10.7. The van der Waals surface area contributed by atoms with Crippen LogP contribution in [0.3, 0.4) is 0 Å². The summed E-state index contributed by atoms with van der Waals surface area (Å²) < 4.78 is 0. The maximum Gasteiger partial charge on any atom is 0.321 e. The molecule has 12 heavy (non-hydrogen) atoms. The second kappa shape index (κ2) is 3.94. The number of carbonyl (C=O) groups is 1. The molecule has 0 atom stereocenters. The highest BCUT2D eigenvalue weighted by atomic mass is 16.2. The van der Waals surface area contributed by atoms with Crippen molar-refractivity contribution in [3.05, 3.63) is 0 Å². The smallest absolute Gasteiger partial charge is 0.321 e. The Morgan fingerprint density at radius 1 is 1.42 bits per heavy atom. The van der Waals surface area contributed by atoms with E-state index >= 15 is 0 Å². The number of nitrogens with zero attached hydrogens (tertiary/aromatic N) is 1. The summed E-state index contributed by atoms with van der Waals surface area (Å²) in [5, 5.41) is 5.04. The first-order valence-electron chi connectivity index (χ1n) is 3.66. The summed E-state index contributed by atoms with van der Waals surface area (Å²) in [6.45, 7) is 5.64. The number of nitrogens with two attached hydrogens (primary N) is 1. The number of aliphatic imine (C=N–C) groups is 1. The predicted octanol–water partition coefficient (Wildman–Crippen LogP) is 0.0286. The molecule has 0 unspecified atom stereocenters. The van der Waals surface area contributed by atoms with Crippen molar-refractivity contribution < 1.29 is 4.79 Å². The molecule has 5 nitrogen and oxygen atoms in total. The molecule has 0 fully saturated rings. The monoisotopic (exact) mass is 172 g/mol. The van der Waals surface area contributed by atoms with Crippen molar-refractivity contribution in [2.75, 3.05) is 7.05 Å². The number of hydrogen-bond acceptors (Lipinski definition) is 2. The third-order valence-corrected chi connectivity index (χ3v) is 0.971. The summed E-state index contributed by atoms with van der Waals surface area (Å²) >= 11 is 0. The number of urea groups is 1. The van der Waals surface area contributed by atoms with E-state index in [4.69, 9.17) is 5.73 Å². The zero-order valence-electron chi connectivity index (χ0n) is 7.93. The second-order valence-electron chi connectivity index (χ2n) is 3.44. The van der Waals surface area contributed by atoms with Gasteiger partial charge in [0, 0.05) is 12.6 Å². The van der Waals surface area contributed by atoms with Crippen LogP contribution >= 0.6 is 0 Å².